The number of hydrogen-bond acceptors (Lipinski definition) is 2. The van der Waals surface area contributed by atoms with Gasteiger partial charge in [-0.3, -0.25) is 0 Å². The summed E-state index contributed by atoms with van der Waals surface area (Å²) in [4.78, 5) is 2.51. The number of rotatable bonds is 5. The summed E-state index contributed by atoms with van der Waals surface area (Å²) in [7, 11) is 1.84. The van der Waals surface area contributed by atoms with Crippen LogP contribution in [-0.2, 0) is 10.8 Å². The highest BCUT2D eigenvalue weighted by Crippen LogP contribution is 2.66. The first-order valence-corrected chi connectivity index (χ1v) is 15.8. The summed E-state index contributed by atoms with van der Waals surface area (Å²) in [6.07, 6.45) is 0. The fourth-order valence-electron chi connectivity index (χ4n) is 8.05. The molecule has 0 saturated carbocycles. The molecule has 2 aliphatic carbocycles. The van der Waals surface area contributed by atoms with Gasteiger partial charge >= 0.3 is 0 Å². The molecule has 0 heterocycles. The number of anilines is 3. The highest BCUT2D eigenvalue weighted by Gasteiger charge is 2.49. The third-order valence-corrected chi connectivity index (χ3v) is 10.1. The average molecular weight is 584 g/mol. The van der Waals surface area contributed by atoms with Gasteiger partial charge in [-0.2, -0.15) is 0 Å². The van der Waals surface area contributed by atoms with E-state index in [0.29, 0.717) is 0 Å². The minimum absolute atomic E-state index is 0.258. The Morgan fingerprint density at radius 2 is 0.889 bits per heavy atom. The number of para-hydroxylation sites is 1. The molecule has 0 fully saturated rings. The summed E-state index contributed by atoms with van der Waals surface area (Å²) >= 11 is 0. The van der Waals surface area contributed by atoms with Crippen molar-refractivity contribution in [3.63, 3.8) is 0 Å². The van der Waals surface area contributed by atoms with E-state index >= 15 is 0 Å². The molecular weight excluding hydrogens is 546 g/mol. The van der Waals surface area contributed by atoms with Crippen LogP contribution in [0.15, 0.2) is 133 Å². The molecule has 2 aliphatic rings. The Labute approximate surface area is 266 Å². The maximum Gasteiger partial charge on any atom is 0.135 e. The van der Waals surface area contributed by atoms with Gasteiger partial charge in [0.25, 0.3) is 0 Å². The largest absolute Gasteiger partial charge is 0.495 e. The predicted molar refractivity (Wildman–Crippen MR) is 188 cm³/mol. The second-order valence-corrected chi connectivity index (χ2v) is 13.3. The zero-order chi connectivity index (χ0) is 30.9. The van der Waals surface area contributed by atoms with Crippen molar-refractivity contribution in [1.29, 1.82) is 0 Å². The zero-order valence-corrected chi connectivity index (χ0v) is 26.6. The fraction of sp³-hybridized carbons (Fsp3) is 0.163. The standard InChI is InChI=1S/C43H37NO/c1-42(2)34-22-14-12-20-32(34)36-38(42)40(39-37(41(36)45-5)33-21-13-15-23-35(33)43(39,3)4)44(30-18-10-7-11-19-30)31-26-24-29(25-27-31)28-16-8-6-9-17-28/h6-27H,1-5H3. The molecule has 6 aromatic carbocycles. The molecule has 0 atom stereocenters. The molecule has 0 radical (unpaired) electrons. The molecular formula is C43H37NO. The summed E-state index contributed by atoms with van der Waals surface area (Å²) in [6, 6.07) is 48.3. The highest BCUT2D eigenvalue weighted by molar-refractivity contribution is 6.04. The monoisotopic (exact) mass is 583 g/mol. The van der Waals surface area contributed by atoms with Crippen molar-refractivity contribution in [3.05, 3.63) is 156 Å². The number of hydrogen-bond donors (Lipinski definition) is 0. The molecule has 6 aromatic rings. The van der Waals surface area contributed by atoms with Crippen LogP contribution in [0.5, 0.6) is 5.75 Å². The van der Waals surface area contributed by atoms with Crippen molar-refractivity contribution in [2.24, 2.45) is 0 Å². The Morgan fingerprint density at radius 1 is 0.467 bits per heavy atom. The molecule has 2 heteroatoms. The van der Waals surface area contributed by atoms with Gasteiger partial charge in [-0.25, -0.2) is 0 Å². The van der Waals surface area contributed by atoms with Gasteiger partial charge in [-0.1, -0.05) is 137 Å². The molecule has 0 amide bonds. The number of methoxy groups -OCH3 is 1. The topological polar surface area (TPSA) is 12.5 Å². The lowest BCUT2D eigenvalue weighted by atomic mass is 9.75. The lowest BCUT2D eigenvalue weighted by Crippen LogP contribution is -2.26. The van der Waals surface area contributed by atoms with Crippen LogP contribution in [-0.4, -0.2) is 7.11 Å². The molecule has 0 unspecified atom stereocenters. The lowest BCUT2D eigenvalue weighted by molar-refractivity contribution is 0.417. The minimum atomic E-state index is -0.258. The quantitative estimate of drug-likeness (QED) is 0.200. The van der Waals surface area contributed by atoms with Crippen LogP contribution in [0.3, 0.4) is 0 Å². The minimum Gasteiger partial charge on any atom is -0.495 e. The molecule has 2 nitrogen and oxygen atoms in total. The van der Waals surface area contributed by atoms with E-state index in [2.05, 4.69) is 166 Å². The second kappa shape index (κ2) is 9.97. The Morgan fingerprint density at radius 3 is 1.40 bits per heavy atom. The Balaban J connectivity index is 1.51. The molecule has 0 aliphatic heterocycles. The third kappa shape index (κ3) is 3.88. The maximum absolute atomic E-state index is 6.49. The summed E-state index contributed by atoms with van der Waals surface area (Å²) in [5, 5.41) is 0. The first kappa shape index (κ1) is 27.5. The molecule has 0 aromatic heterocycles. The van der Waals surface area contributed by atoms with E-state index in [1.165, 1.54) is 61.3 Å². The van der Waals surface area contributed by atoms with E-state index in [4.69, 9.17) is 4.74 Å². The van der Waals surface area contributed by atoms with Crippen molar-refractivity contribution in [3.8, 4) is 39.1 Å². The maximum atomic E-state index is 6.49. The van der Waals surface area contributed by atoms with Crippen LogP contribution in [0.2, 0.25) is 0 Å². The van der Waals surface area contributed by atoms with Gasteiger partial charge in [-0.15, -0.1) is 0 Å². The Bertz CT molecular complexity index is 1990. The van der Waals surface area contributed by atoms with Gasteiger partial charge in [0, 0.05) is 33.3 Å². The summed E-state index contributed by atoms with van der Waals surface area (Å²) in [6.45, 7) is 9.51. The van der Waals surface area contributed by atoms with Gasteiger partial charge in [0.2, 0.25) is 0 Å². The molecule has 220 valence electrons. The molecule has 0 spiro atoms. The first-order chi connectivity index (χ1) is 21.8. The zero-order valence-electron chi connectivity index (χ0n) is 26.6. The van der Waals surface area contributed by atoms with Crippen molar-refractivity contribution in [2.45, 2.75) is 38.5 Å². The van der Waals surface area contributed by atoms with E-state index in [9.17, 15) is 0 Å². The van der Waals surface area contributed by atoms with E-state index in [1.54, 1.807) is 0 Å². The van der Waals surface area contributed by atoms with Crippen LogP contribution < -0.4 is 9.64 Å². The molecule has 8 rings (SSSR count). The van der Waals surface area contributed by atoms with Crippen molar-refractivity contribution in [1.82, 2.24) is 0 Å². The Kier molecular flexibility index (Phi) is 6.09. The van der Waals surface area contributed by atoms with Crippen LogP contribution in [0.1, 0.15) is 49.9 Å². The van der Waals surface area contributed by atoms with Crippen LogP contribution in [0, 0.1) is 0 Å². The van der Waals surface area contributed by atoms with E-state index < -0.39 is 0 Å². The first-order valence-electron chi connectivity index (χ1n) is 15.8. The molecule has 45 heavy (non-hydrogen) atoms. The average Bonchev–Trinajstić information content (AvgIpc) is 3.46. The van der Waals surface area contributed by atoms with Crippen molar-refractivity contribution >= 4 is 17.1 Å². The summed E-state index contributed by atoms with van der Waals surface area (Å²) in [5.74, 6) is 0.979. The lowest BCUT2D eigenvalue weighted by Gasteiger charge is -2.37. The predicted octanol–water partition coefficient (Wildman–Crippen LogP) is 11.4. The van der Waals surface area contributed by atoms with Gasteiger partial charge in [0.05, 0.1) is 12.8 Å². The number of benzene rings is 6. The number of fused-ring (bicyclic) bond motifs is 6. The van der Waals surface area contributed by atoms with Gasteiger partial charge in [0.1, 0.15) is 5.75 Å². The number of ether oxygens (including phenoxy) is 1. The molecule has 0 N–H and O–H groups in total. The smallest absolute Gasteiger partial charge is 0.135 e. The molecule has 0 bridgehead atoms. The third-order valence-electron chi connectivity index (χ3n) is 10.1. The fourth-order valence-corrected chi connectivity index (χ4v) is 8.05. The van der Waals surface area contributed by atoms with Crippen LogP contribution in [0.25, 0.3) is 33.4 Å². The van der Waals surface area contributed by atoms with E-state index in [0.717, 1.165) is 17.1 Å². The van der Waals surface area contributed by atoms with Crippen molar-refractivity contribution < 1.29 is 4.74 Å². The highest BCUT2D eigenvalue weighted by atomic mass is 16.5. The van der Waals surface area contributed by atoms with E-state index in [1.807, 2.05) is 7.11 Å². The van der Waals surface area contributed by atoms with Crippen LogP contribution in [0.4, 0.5) is 17.1 Å². The summed E-state index contributed by atoms with van der Waals surface area (Å²) in [5.41, 5.74) is 15.7. The van der Waals surface area contributed by atoms with Crippen LogP contribution >= 0.6 is 0 Å². The van der Waals surface area contributed by atoms with Gasteiger partial charge in [0.15, 0.2) is 0 Å². The SMILES string of the molecule is COc1c2c(c(N(c3ccccc3)c3ccc(-c4ccccc4)cc3)c3c1-c1ccccc1C3(C)C)C(C)(C)c1ccccc1-2. The van der Waals surface area contributed by atoms with E-state index in [-0.39, 0.29) is 10.8 Å². The Hall–Kier alpha value is -5.08. The second-order valence-electron chi connectivity index (χ2n) is 13.3. The number of nitrogens with zero attached hydrogens (tertiary/aromatic N) is 1. The van der Waals surface area contributed by atoms with Crippen molar-refractivity contribution in [2.75, 3.05) is 12.0 Å². The summed E-state index contributed by atoms with van der Waals surface area (Å²) < 4.78 is 6.49. The molecule has 0 saturated heterocycles. The normalized spacial score (nSPS) is 14.7. The van der Waals surface area contributed by atoms with Gasteiger partial charge in [-0.05, 0) is 68.8 Å². The van der Waals surface area contributed by atoms with Gasteiger partial charge < -0.3 is 9.64 Å².